The normalized spacial score (nSPS) is 20.0. The highest BCUT2D eigenvalue weighted by Crippen LogP contribution is 2.48. The Morgan fingerprint density at radius 3 is 1.75 bits per heavy atom. The first-order valence-electron chi connectivity index (χ1n) is 21.0. The number of ether oxygens (including phenoxy) is 1. The van der Waals surface area contributed by atoms with Crippen LogP contribution >= 0.6 is 11.8 Å². The molecule has 0 aliphatic carbocycles. The molecule has 0 saturated carbocycles. The van der Waals surface area contributed by atoms with Gasteiger partial charge in [-0.2, -0.15) is 0 Å². The molecule has 3 N–H and O–H groups in total. The summed E-state index contributed by atoms with van der Waals surface area (Å²) in [6.45, 7) is 16.9. The van der Waals surface area contributed by atoms with Crippen LogP contribution in [0, 0.1) is 0 Å². The summed E-state index contributed by atoms with van der Waals surface area (Å²) in [4.78, 5) is 14.5. The molecule has 1 aliphatic rings. The lowest BCUT2D eigenvalue weighted by atomic mass is 9.94. The van der Waals surface area contributed by atoms with Gasteiger partial charge in [-0.15, -0.1) is 11.8 Å². The highest BCUT2D eigenvalue weighted by atomic mass is 32.2. The second-order valence-corrected chi connectivity index (χ2v) is 23.4. The highest BCUT2D eigenvalue weighted by Gasteiger charge is 2.51. The number of hydrogen-bond acceptors (Lipinski definition) is 7. The maximum Gasteiger partial charge on any atom is 0.323 e. The maximum absolute atomic E-state index is 13.4. The molecule has 6 nitrogen and oxygen atoms in total. The van der Waals surface area contributed by atoms with Crippen LogP contribution in [0.3, 0.4) is 0 Å². The SMILES string of the molecule is CCCCCCCCCC[C@H](O)CNC[C@@H](O)CCCCCCCCCC[C@H](CC1(Sc2ccccc2)C[C@H](C)OC1=O)O[Si](C)(C)C(C)(C)C. The molecule has 1 aliphatic heterocycles. The van der Waals surface area contributed by atoms with E-state index >= 15 is 0 Å². The number of unbranched alkanes of at least 4 members (excludes halogenated alkanes) is 14. The van der Waals surface area contributed by atoms with Crippen LogP contribution in [-0.4, -0.2) is 66.8 Å². The van der Waals surface area contributed by atoms with Gasteiger partial charge in [0, 0.05) is 30.5 Å². The highest BCUT2D eigenvalue weighted by molar-refractivity contribution is 8.01. The number of nitrogens with one attached hydrogen (secondary N) is 1. The van der Waals surface area contributed by atoms with Crippen molar-refractivity contribution in [3.05, 3.63) is 30.3 Å². The third-order valence-electron chi connectivity index (χ3n) is 11.1. The molecule has 0 aromatic heterocycles. The monoisotopic (exact) mass is 750 g/mol. The number of rotatable bonds is 30. The standard InChI is InChI=1S/C43H79NO5SSi/c1-8-9-10-11-12-15-18-22-27-37(45)34-44-35-38(46)28-23-19-16-13-14-17-20-24-29-39(49-51(6,7)42(3,4)5)33-43(32-36(2)48-41(43)47)50-40-30-25-21-26-31-40/h21,25-26,30-31,36-39,44-46H,8-20,22-24,27-29,32-35H2,1-7H3/t36-,37-,38-,39+,43?/m0/s1. The van der Waals surface area contributed by atoms with E-state index in [4.69, 9.17) is 9.16 Å². The number of cyclic esters (lactones) is 1. The van der Waals surface area contributed by atoms with E-state index in [0.717, 1.165) is 56.3 Å². The quantitative estimate of drug-likeness (QED) is 0.0410. The molecule has 51 heavy (non-hydrogen) atoms. The molecule has 0 radical (unpaired) electrons. The van der Waals surface area contributed by atoms with Gasteiger partial charge in [0.25, 0.3) is 0 Å². The average Bonchev–Trinajstić information content (AvgIpc) is 3.33. The number of carbonyl (C=O) groups excluding carboxylic acids is 1. The van der Waals surface area contributed by atoms with E-state index in [2.05, 4.69) is 58.2 Å². The van der Waals surface area contributed by atoms with E-state index in [1.54, 1.807) is 11.8 Å². The number of thioether (sulfide) groups is 1. The molecule has 8 heteroatoms. The minimum Gasteiger partial charge on any atom is -0.462 e. The van der Waals surface area contributed by atoms with Gasteiger partial charge in [0.1, 0.15) is 10.9 Å². The summed E-state index contributed by atoms with van der Waals surface area (Å²) in [5.74, 6) is -0.0837. The van der Waals surface area contributed by atoms with Gasteiger partial charge in [-0.05, 0) is 62.9 Å². The Morgan fingerprint density at radius 1 is 0.824 bits per heavy atom. The largest absolute Gasteiger partial charge is 0.462 e. The number of esters is 1. The van der Waals surface area contributed by atoms with E-state index in [1.165, 1.54) is 77.0 Å². The predicted octanol–water partition coefficient (Wildman–Crippen LogP) is 11.4. The topological polar surface area (TPSA) is 88.0 Å². The lowest BCUT2D eigenvalue weighted by molar-refractivity contribution is -0.143. The smallest absolute Gasteiger partial charge is 0.323 e. The number of aliphatic hydroxyl groups is 2. The van der Waals surface area contributed by atoms with Crippen molar-refractivity contribution in [2.24, 2.45) is 0 Å². The number of hydrogen-bond donors (Lipinski definition) is 3. The van der Waals surface area contributed by atoms with Crippen molar-refractivity contribution in [3.63, 3.8) is 0 Å². The van der Waals surface area contributed by atoms with Crippen LogP contribution in [0.4, 0.5) is 0 Å². The van der Waals surface area contributed by atoms with Gasteiger partial charge in [-0.25, -0.2) is 0 Å². The van der Waals surface area contributed by atoms with Gasteiger partial charge in [-0.3, -0.25) is 4.79 Å². The van der Waals surface area contributed by atoms with E-state index in [0.29, 0.717) is 19.5 Å². The third kappa shape index (κ3) is 19.3. The molecule has 2 rings (SSSR count). The Morgan fingerprint density at radius 2 is 1.29 bits per heavy atom. The van der Waals surface area contributed by atoms with Gasteiger partial charge in [0.05, 0.1) is 12.2 Å². The van der Waals surface area contributed by atoms with Gasteiger partial charge in [0.15, 0.2) is 8.32 Å². The van der Waals surface area contributed by atoms with Crippen molar-refractivity contribution < 1.29 is 24.2 Å². The zero-order valence-corrected chi connectivity index (χ0v) is 35.8. The van der Waals surface area contributed by atoms with E-state index in [1.807, 2.05) is 25.1 Å². The Balaban J connectivity index is 1.63. The van der Waals surface area contributed by atoms with Crippen LogP contribution in [0.25, 0.3) is 0 Å². The van der Waals surface area contributed by atoms with Crippen LogP contribution < -0.4 is 5.32 Å². The van der Waals surface area contributed by atoms with Crippen molar-refractivity contribution >= 4 is 26.0 Å². The van der Waals surface area contributed by atoms with Crippen molar-refractivity contribution in [1.29, 1.82) is 0 Å². The molecule has 1 aromatic carbocycles. The zero-order valence-electron chi connectivity index (χ0n) is 34.0. The van der Waals surface area contributed by atoms with Crippen molar-refractivity contribution in [1.82, 2.24) is 5.32 Å². The molecule has 296 valence electrons. The first-order valence-corrected chi connectivity index (χ1v) is 24.7. The Kier molecular flexibility index (Phi) is 22.9. The van der Waals surface area contributed by atoms with Crippen LogP contribution in [0.2, 0.25) is 18.1 Å². The molecule has 0 bridgehead atoms. The minimum absolute atomic E-state index is 0.0408. The second kappa shape index (κ2) is 25.2. The van der Waals surface area contributed by atoms with Crippen LogP contribution in [0.1, 0.15) is 169 Å². The molecule has 5 atom stereocenters. The summed E-state index contributed by atoms with van der Waals surface area (Å²) in [6, 6.07) is 10.3. The number of aliphatic hydroxyl groups excluding tert-OH is 2. The predicted molar refractivity (Wildman–Crippen MR) is 220 cm³/mol. The summed E-state index contributed by atoms with van der Waals surface area (Å²) in [5.41, 5.74) is 0. The molecule has 1 heterocycles. The van der Waals surface area contributed by atoms with E-state index in [-0.39, 0.29) is 35.4 Å². The molecule has 1 saturated heterocycles. The van der Waals surface area contributed by atoms with Gasteiger partial charge in [-0.1, -0.05) is 149 Å². The molecular formula is C43H79NO5SSi. The van der Waals surface area contributed by atoms with Crippen molar-refractivity contribution in [3.8, 4) is 0 Å². The van der Waals surface area contributed by atoms with Crippen molar-refractivity contribution in [2.45, 2.75) is 222 Å². The molecule has 1 unspecified atom stereocenters. The third-order valence-corrected chi connectivity index (χ3v) is 17.1. The fourth-order valence-corrected chi connectivity index (χ4v) is 9.85. The average molecular weight is 750 g/mol. The summed E-state index contributed by atoms with van der Waals surface area (Å²) in [5, 5.41) is 24.0. The molecule has 0 amide bonds. The van der Waals surface area contributed by atoms with Crippen LogP contribution in [-0.2, 0) is 14.0 Å². The zero-order chi connectivity index (χ0) is 37.6. The summed E-state index contributed by atoms with van der Waals surface area (Å²) in [6.07, 6.45) is 23.1. The van der Waals surface area contributed by atoms with Crippen LogP contribution in [0.15, 0.2) is 35.2 Å². The first-order chi connectivity index (χ1) is 24.3. The lowest BCUT2D eigenvalue weighted by Crippen LogP contribution is -2.46. The summed E-state index contributed by atoms with van der Waals surface area (Å²) >= 11 is 1.67. The second-order valence-electron chi connectivity index (χ2n) is 17.2. The van der Waals surface area contributed by atoms with Crippen molar-refractivity contribution in [2.75, 3.05) is 13.1 Å². The summed E-state index contributed by atoms with van der Waals surface area (Å²) in [7, 11) is -2.03. The Hall–Kier alpha value is -0.903. The first kappa shape index (κ1) is 46.3. The molecule has 0 spiro atoms. The molecular weight excluding hydrogens is 671 g/mol. The van der Waals surface area contributed by atoms with Gasteiger partial charge < -0.3 is 24.7 Å². The fourth-order valence-electron chi connectivity index (χ4n) is 7.00. The summed E-state index contributed by atoms with van der Waals surface area (Å²) < 4.78 is 12.2. The van der Waals surface area contributed by atoms with Gasteiger partial charge >= 0.3 is 5.97 Å². The van der Waals surface area contributed by atoms with Crippen LogP contribution in [0.5, 0.6) is 0 Å². The van der Waals surface area contributed by atoms with E-state index in [9.17, 15) is 15.0 Å². The number of carbonyl (C=O) groups is 1. The van der Waals surface area contributed by atoms with Gasteiger partial charge in [0.2, 0.25) is 0 Å². The minimum atomic E-state index is -2.03. The lowest BCUT2D eigenvalue weighted by Gasteiger charge is -2.41. The Bertz CT molecular complexity index is 1040. The molecule has 1 aromatic rings. The maximum atomic E-state index is 13.4. The van der Waals surface area contributed by atoms with E-state index < -0.39 is 13.1 Å². The number of benzene rings is 1. The molecule has 1 fully saturated rings. The Labute approximate surface area is 319 Å². The fraction of sp³-hybridized carbons (Fsp3) is 0.837.